The Balaban J connectivity index is 2.92. The molecule has 2 aromatic rings. The van der Waals surface area contributed by atoms with E-state index in [1.807, 2.05) is 30.3 Å². The Hall–Kier alpha value is -1.15. The predicted molar refractivity (Wildman–Crippen MR) is 65.1 cm³/mol. The largest absolute Gasteiger partial charge is 0.356 e. The van der Waals surface area contributed by atoms with E-state index in [9.17, 15) is 14.4 Å². The lowest BCUT2D eigenvalue weighted by Gasteiger charge is -2.14. The van der Waals surface area contributed by atoms with Gasteiger partial charge in [-0.15, -0.1) is 0 Å². The van der Waals surface area contributed by atoms with E-state index in [2.05, 4.69) is 0 Å². The van der Waals surface area contributed by atoms with Crippen molar-refractivity contribution in [1.82, 2.24) is 0 Å². The summed E-state index contributed by atoms with van der Waals surface area (Å²) >= 11 is 0. The van der Waals surface area contributed by atoms with Gasteiger partial charge in [-0.3, -0.25) is 4.57 Å². The van der Waals surface area contributed by atoms with Crippen LogP contribution in [0.1, 0.15) is 11.1 Å². The third kappa shape index (κ3) is 1.78. The van der Waals surface area contributed by atoms with Gasteiger partial charge in [0.05, 0.1) is 5.30 Å². The van der Waals surface area contributed by atoms with Crippen molar-refractivity contribution in [3.63, 3.8) is 0 Å². The van der Waals surface area contributed by atoms with Gasteiger partial charge in [0, 0.05) is 0 Å². The second kappa shape index (κ2) is 3.70. The zero-order valence-corrected chi connectivity index (χ0v) is 10.0. The van der Waals surface area contributed by atoms with Crippen molar-refractivity contribution in [3.8, 4) is 0 Å². The summed E-state index contributed by atoms with van der Waals surface area (Å²) in [5.41, 5.74) is 1.31. The monoisotopic (exact) mass is 236 g/mol. The highest BCUT2D eigenvalue weighted by atomic mass is 31.2. The molecule has 0 radical (unpaired) electrons. The van der Waals surface area contributed by atoms with Crippen LogP contribution in [0.2, 0.25) is 0 Å². The topological polar surface area (TPSA) is 57.5 Å². The van der Waals surface area contributed by atoms with E-state index in [4.69, 9.17) is 0 Å². The molecule has 2 aromatic carbocycles. The number of rotatable bonds is 1. The van der Waals surface area contributed by atoms with Crippen molar-refractivity contribution in [1.29, 1.82) is 0 Å². The molecule has 0 spiro atoms. The van der Waals surface area contributed by atoms with Gasteiger partial charge in [-0.25, -0.2) is 0 Å². The van der Waals surface area contributed by atoms with Crippen LogP contribution in [0.3, 0.4) is 0 Å². The van der Waals surface area contributed by atoms with Crippen LogP contribution in [0, 0.1) is 13.8 Å². The second-order valence-corrected chi connectivity index (χ2v) is 5.47. The van der Waals surface area contributed by atoms with Crippen LogP contribution < -0.4 is 5.30 Å². The molecule has 84 valence electrons. The zero-order chi connectivity index (χ0) is 11.9. The Morgan fingerprint density at radius 3 is 2.38 bits per heavy atom. The fourth-order valence-electron chi connectivity index (χ4n) is 2.14. The first kappa shape index (κ1) is 11.3. The van der Waals surface area contributed by atoms with E-state index in [-0.39, 0.29) is 5.30 Å². The normalized spacial score (nSPS) is 12.0. The molecule has 0 aliphatic rings. The molecule has 2 rings (SSSR count). The molecular formula is C12H13O3P. The average molecular weight is 236 g/mol. The van der Waals surface area contributed by atoms with Crippen LogP contribution in [-0.4, -0.2) is 9.79 Å². The summed E-state index contributed by atoms with van der Waals surface area (Å²) in [7, 11) is -4.20. The lowest BCUT2D eigenvalue weighted by molar-refractivity contribution is 0.387. The minimum atomic E-state index is -4.20. The number of hydrogen-bond acceptors (Lipinski definition) is 1. The summed E-state index contributed by atoms with van der Waals surface area (Å²) in [4.78, 5) is 18.6. The van der Waals surface area contributed by atoms with Gasteiger partial charge in [-0.2, -0.15) is 0 Å². The maximum atomic E-state index is 11.4. The quantitative estimate of drug-likeness (QED) is 0.747. The van der Waals surface area contributed by atoms with Gasteiger partial charge in [-0.05, 0) is 35.7 Å². The summed E-state index contributed by atoms with van der Waals surface area (Å²) in [5.74, 6) is 0. The summed E-state index contributed by atoms with van der Waals surface area (Å²) in [6, 6.07) is 9.42. The molecule has 0 bridgehead atoms. The van der Waals surface area contributed by atoms with E-state index < -0.39 is 7.60 Å². The second-order valence-electron chi connectivity index (χ2n) is 3.93. The van der Waals surface area contributed by atoms with Crippen LogP contribution >= 0.6 is 7.60 Å². The zero-order valence-electron chi connectivity index (χ0n) is 9.14. The molecule has 4 heteroatoms. The number of benzene rings is 2. The Morgan fingerprint density at radius 1 is 1.12 bits per heavy atom. The van der Waals surface area contributed by atoms with Gasteiger partial charge in [-0.1, -0.05) is 30.3 Å². The minimum absolute atomic E-state index is 0.159. The molecule has 2 N–H and O–H groups in total. The molecule has 0 fully saturated rings. The minimum Gasteiger partial charge on any atom is -0.321 e. The van der Waals surface area contributed by atoms with E-state index >= 15 is 0 Å². The average Bonchev–Trinajstić information content (AvgIpc) is 2.15. The van der Waals surface area contributed by atoms with Gasteiger partial charge in [0.1, 0.15) is 0 Å². The molecule has 3 nitrogen and oxygen atoms in total. The first-order chi connectivity index (χ1) is 7.41. The molecule has 0 heterocycles. The third-order valence-electron chi connectivity index (χ3n) is 2.76. The summed E-state index contributed by atoms with van der Waals surface area (Å²) < 4.78 is 11.4. The van der Waals surface area contributed by atoms with Gasteiger partial charge >= 0.3 is 7.60 Å². The van der Waals surface area contributed by atoms with Crippen molar-refractivity contribution in [2.75, 3.05) is 0 Å². The van der Waals surface area contributed by atoms with Crippen molar-refractivity contribution in [2.45, 2.75) is 13.8 Å². The Morgan fingerprint density at radius 2 is 1.75 bits per heavy atom. The van der Waals surface area contributed by atoms with Crippen LogP contribution in [0.25, 0.3) is 10.8 Å². The third-order valence-corrected chi connectivity index (χ3v) is 4.03. The molecule has 0 aromatic heterocycles. The molecule has 0 unspecified atom stereocenters. The summed E-state index contributed by atoms with van der Waals surface area (Å²) in [5, 5.41) is 2.06. The molecule has 0 aliphatic heterocycles. The Labute approximate surface area is 93.9 Å². The highest BCUT2D eigenvalue weighted by molar-refractivity contribution is 7.60. The van der Waals surface area contributed by atoms with Crippen molar-refractivity contribution in [3.05, 3.63) is 41.5 Å². The fraction of sp³-hybridized carbons (Fsp3) is 0.167. The summed E-state index contributed by atoms with van der Waals surface area (Å²) in [6.45, 7) is 3.48. The molecule has 0 saturated heterocycles. The van der Waals surface area contributed by atoms with Crippen LogP contribution in [0.15, 0.2) is 30.3 Å². The van der Waals surface area contributed by atoms with Crippen molar-refractivity contribution >= 4 is 23.7 Å². The number of aryl methyl sites for hydroxylation is 2. The first-order valence-electron chi connectivity index (χ1n) is 4.96. The predicted octanol–water partition coefficient (Wildman–Crippen LogP) is 2.26. The highest BCUT2D eigenvalue weighted by Crippen LogP contribution is 2.38. The SMILES string of the molecule is Cc1cc2ccccc2c(C)c1P(=O)(O)O. The Bertz CT molecular complexity index is 598. The van der Waals surface area contributed by atoms with E-state index in [0.717, 1.165) is 10.8 Å². The summed E-state index contributed by atoms with van der Waals surface area (Å²) in [6.07, 6.45) is 0. The lowest BCUT2D eigenvalue weighted by Crippen LogP contribution is -2.12. The maximum Gasteiger partial charge on any atom is 0.356 e. The van der Waals surface area contributed by atoms with Crippen LogP contribution in [0.5, 0.6) is 0 Å². The number of hydrogen-bond donors (Lipinski definition) is 2. The standard InChI is InChI=1S/C12H13O3P/c1-8-7-10-5-3-4-6-11(10)9(2)12(8)16(13,14)15/h3-7H,1-2H3,(H2,13,14,15). The van der Waals surface area contributed by atoms with Gasteiger partial charge in [0.25, 0.3) is 0 Å². The maximum absolute atomic E-state index is 11.4. The molecule has 0 aliphatic carbocycles. The number of fused-ring (bicyclic) bond motifs is 1. The fourth-order valence-corrected chi connectivity index (χ4v) is 3.22. The van der Waals surface area contributed by atoms with E-state index in [1.165, 1.54) is 0 Å². The molecule has 0 atom stereocenters. The lowest BCUT2D eigenvalue weighted by atomic mass is 10.0. The van der Waals surface area contributed by atoms with Gasteiger partial charge in [0.15, 0.2) is 0 Å². The highest BCUT2D eigenvalue weighted by Gasteiger charge is 2.23. The van der Waals surface area contributed by atoms with Crippen molar-refractivity contribution < 1.29 is 14.4 Å². The van der Waals surface area contributed by atoms with Gasteiger partial charge in [0.2, 0.25) is 0 Å². The smallest absolute Gasteiger partial charge is 0.321 e. The first-order valence-corrected chi connectivity index (χ1v) is 6.57. The molecule has 16 heavy (non-hydrogen) atoms. The Kier molecular flexibility index (Phi) is 2.62. The molecule has 0 amide bonds. The van der Waals surface area contributed by atoms with E-state index in [1.54, 1.807) is 13.8 Å². The van der Waals surface area contributed by atoms with Crippen LogP contribution in [-0.2, 0) is 4.57 Å². The van der Waals surface area contributed by atoms with Crippen LogP contribution in [0.4, 0.5) is 0 Å². The van der Waals surface area contributed by atoms with Gasteiger partial charge < -0.3 is 9.79 Å². The molecule has 0 saturated carbocycles. The van der Waals surface area contributed by atoms with E-state index in [0.29, 0.717) is 11.1 Å². The van der Waals surface area contributed by atoms with Crippen molar-refractivity contribution in [2.24, 2.45) is 0 Å². The molecular weight excluding hydrogens is 223 g/mol.